The van der Waals surface area contributed by atoms with E-state index in [-0.39, 0.29) is 11.7 Å². The van der Waals surface area contributed by atoms with Gasteiger partial charge in [-0.15, -0.1) is 0 Å². The van der Waals surface area contributed by atoms with Crippen LogP contribution in [0.25, 0.3) is 0 Å². The first-order chi connectivity index (χ1) is 9.95. The van der Waals surface area contributed by atoms with Crippen molar-refractivity contribution in [1.82, 2.24) is 0 Å². The number of amides is 1. The SMILES string of the molecule is Cc1ccc(NC(=O)CS(=O)c2cc(N)ccc2Cl)cc1. The molecule has 0 fully saturated rings. The van der Waals surface area contributed by atoms with E-state index in [0.29, 0.717) is 21.3 Å². The lowest BCUT2D eigenvalue weighted by Crippen LogP contribution is -2.19. The van der Waals surface area contributed by atoms with Crippen LogP contribution >= 0.6 is 11.6 Å². The molecule has 0 saturated carbocycles. The minimum atomic E-state index is -1.54. The molecule has 3 N–H and O–H groups in total. The number of nitrogens with two attached hydrogens (primary N) is 1. The fraction of sp³-hybridized carbons (Fsp3) is 0.133. The van der Waals surface area contributed by atoms with Crippen LogP contribution in [-0.2, 0) is 15.6 Å². The first kappa shape index (κ1) is 15.5. The standard InChI is InChI=1S/C15H15ClN2O2S/c1-10-2-5-12(6-3-10)18-15(19)9-21(20)14-8-11(17)4-7-13(14)16/h2-8H,9,17H2,1H3,(H,18,19). The van der Waals surface area contributed by atoms with Gasteiger partial charge in [-0.25, -0.2) is 0 Å². The molecule has 0 spiro atoms. The quantitative estimate of drug-likeness (QED) is 0.850. The molecular weight excluding hydrogens is 308 g/mol. The second kappa shape index (κ2) is 6.74. The van der Waals surface area contributed by atoms with Crippen molar-refractivity contribution in [3.8, 4) is 0 Å². The summed E-state index contributed by atoms with van der Waals surface area (Å²) in [5.74, 6) is -0.507. The smallest absolute Gasteiger partial charge is 0.237 e. The van der Waals surface area contributed by atoms with Crippen LogP contribution in [0.1, 0.15) is 5.56 Å². The second-order valence-corrected chi connectivity index (χ2v) is 6.42. The zero-order valence-electron chi connectivity index (χ0n) is 11.4. The van der Waals surface area contributed by atoms with Crippen LogP contribution in [-0.4, -0.2) is 15.9 Å². The Hall–Kier alpha value is -1.85. The number of rotatable bonds is 4. The number of carbonyl (C=O) groups excluding carboxylic acids is 1. The third-order valence-electron chi connectivity index (χ3n) is 2.80. The lowest BCUT2D eigenvalue weighted by Gasteiger charge is -2.07. The number of halogens is 1. The van der Waals surface area contributed by atoms with Crippen molar-refractivity contribution in [3.63, 3.8) is 0 Å². The van der Waals surface area contributed by atoms with Gasteiger partial charge in [0.1, 0.15) is 5.75 Å². The predicted octanol–water partition coefficient (Wildman–Crippen LogP) is 2.98. The molecule has 2 aromatic carbocycles. The lowest BCUT2D eigenvalue weighted by molar-refractivity contribution is -0.113. The van der Waals surface area contributed by atoms with Crippen molar-refractivity contribution in [3.05, 3.63) is 53.1 Å². The van der Waals surface area contributed by atoms with Crippen molar-refractivity contribution in [2.45, 2.75) is 11.8 Å². The summed E-state index contributed by atoms with van der Waals surface area (Å²) < 4.78 is 12.2. The highest BCUT2D eigenvalue weighted by Crippen LogP contribution is 2.22. The third-order valence-corrected chi connectivity index (χ3v) is 4.59. The average Bonchev–Trinajstić information content (AvgIpc) is 2.44. The minimum absolute atomic E-state index is 0.170. The van der Waals surface area contributed by atoms with Crippen molar-refractivity contribution >= 4 is 39.7 Å². The van der Waals surface area contributed by atoms with E-state index in [1.165, 1.54) is 6.07 Å². The normalized spacial score (nSPS) is 11.9. The Morgan fingerprint density at radius 1 is 1.24 bits per heavy atom. The van der Waals surface area contributed by atoms with Gasteiger partial charge in [0.05, 0.1) is 20.7 Å². The third kappa shape index (κ3) is 4.31. The van der Waals surface area contributed by atoms with Crippen molar-refractivity contribution < 1.29 is 9.00 Å². The van der Waals surface area contributed by atoms with Gasteiger partial charge in [0.25, 0.3) is 0 Å². The molecule has 0 bridgehead atoms. The lowest BCUT2D eigenvalue weighted by atomic mass is 10.2. The summed E-state index contributed by atoms with van der Waals surface area (Å²) in [7, 11) is -1.54. The molecule has 1 unspecified atom stereocenters. The van der Waals surface area contributed by atoms with Gasteiger partial charge in [-0.3, -0.25) is 9.00 Å². The zero-order chi connectivity index (χ0) is 15.4. The zero-order valence-corrected chi connectivity index (χ0v) is 13.0. The molecule has 0 heterocycles. The summed E-state index contributed by atoms with van der Waals surface area (Å²) in [6, 6.07) is 12.1. The van der Waals surface area contributed by atoms with Gasteiger partial charge in [-0.2, -0.15) is 0 Å². The molecule has 1 amide bonds. The van der Waals surface area contributed by atoms with Gasteiger partial charge in [0.2, 0.25) is 5.91 Å². The largest absolute Gasteiger partial charge is 0.399 e. The summed E-state index contributed by atoms with van der Waals surface area (Å²) >= 11 is 5.97. The number of anilines is 2. The Balaban J connectivity index is 2.03. The van der Waals surface area contributed by atoms with E-state index in [4.69, 9.17) is 17.3 Å². The summed E-state index contributed by atoms with van der Waals surface area (Å²) in [5.41, 5.74) is 7.87. The highest BCUT2D eigenvalue weighted by molar-refractivity contribution is 7.86. The van der Waals surface area contributed by atoms with Gasteiger partial charge in [-0.1, -0.05) is 29.3 Å². The molecule has 0 aromatic heterocycles. The maximum Gasteiger partial charge on any atom is 0.237 e. The van der Waals surface area contributed by atoms with Gasteiger partial charge >= 0.3 is 0 Å². The Morgan fingerprint density at radius 2 is 1.90 bits per heavy atom. The van der Waals surface area contributed by atoms with Crippen LogP contribution < -0.4 is 11.1 Å². The molecule has 4 nitrogen and oxygen atoms in total. The highest BCUT2D eigenvalue weighted by atomic mass is 35.5. The number of nitrogen functional groups attached to an aromatic ring is 1. The predicted molar refractivity (Wildman–Crippen MR) is 86.9 cm³/mol. The molecule has 0 radical (unpaired) electrons. The fourth-order valence-corrected chi connectivity index (χ4v) is 3.12. The molecule has 0 saturated heterocycles. The van der Waals surface area contributed by atoms with Crippen LogP contribution in [0.4, 0.5) is 11.4 Å². The Bertz CT molecular complexity index is 687. The molecular formula is C15H15ClN2O2S. The number of hydrogen-bond donors (Lipinski definition) is 2. The van der Waals surface area contributed by atoms with Crippen LogP contribution in [0, 0.1) is 6.92 Å². The van der Waals surface area contributed by atoms with E-state index in [0.717, 1.165) is 5.56 Å². The van der Waals surface area contributed by atoms with Crippen LogP contribution in [0.5, 0.6) is 0 Å². The maximum atomic E-state index is 12.2. The average molecular weight is 323 g/mol. The van der Waals surface area contributed by atoms with Crippen molar-refractivity contribution in [2.24, 2.45) is 0 Å². The molecule has 2 aromatic rings. The number of benzene rings is 2. The van der Waals surface area contributed by atoms with Crippen LogP contribution in [0.15, 0.2) is 47.4 Å². The maximum absolute atomic E-state index is 12.2. The van der Waals surface area contributed by atoms with E-state index in [9.17, 15) is 9.00 Å². The van der Waals surface area contributed by atoms with E-state index in [1.54, 1.807) is 24.3 Å². The number of hydrogen-bond acceptors (Lipinski definition) is 3. The van der Waals surface area contributed by atoms with Gasteiger partial charge in [0.15, 0.2) is 0 Å². The molecule has 0 aliphatic heterocycles. The number of nitrogens with one attached hydrogen (secondary N) is 1. The molecule has 1 atom stereocenters. The first-order valence-corrected chi connectivity index (χ1v) is 7.95. The number of aryl methyl sites for hydroxylation is 1. The van der Waals surface area contributed by atoms with E-state index in [1.807, 2.05) is 19.1 Å². The van der Waals surface area contributed by atoms with Gasteiger partial charge in [0, 0.05) is 11.4 Å². The van der Waals surface area contributed by atoms with Crippen molar-refractivity contribution in [2.75, 3.05) is 16.8 Å². The minimum Gasteiger partial charge on any atom is -0.399 e. The monoisotopic (exact) mass is 322 g/mol. The Morgan fingerprint density at radius 3 is 2.57 bits per heavy atom. The summed E-state index contributed by atoms with van der Waals surface area (Å²) in [6.45, 7) is 1.96. The topological polar surface area (TPSA) is 72.2 Å². The molecule has 0 aliphatic carbocycles. The molecule has 2 rings (SSSR count). The fourth-order valence-electron chi connectivity index (χ4n) is 1.73. The molecule has 6 heteroatoms. The Kier molecular flexibility index (Phi) is 4.98. The summed E-state index contributed by atoms with van der Waals surface area (Å²) in [4.78, 5) is 12.3. The Labute approximate surface area is 130 Å². The van der Waals surface area contributed by atoms with E-state index >= 15 is 0 Å². The van der Waals surface area contributed by atoms with Gasteiger partial charge < -0.3 is 11.1 Å². The van der Waals surface area contributed by atoms with Crippen molar-refractivity contribution in [1.29, 1.82) is 0 Å². The summed E-state index contributed by atoms with van der Waals surface area (Å²) in [5, 5.41) is 3.04. The number of carbonyl (C=O) groups is 1. The van der Waals surface area contributed by atoms with E-state index in [2.05, 4.69) is 5.32 Å². The highest BCUT2D eigenvalue weighted by Gasteiger charge is 2.14. The van der Waals surface area contributed by atoms with Crippen LogP contribution in [0.2, 0.25) is 5.02 Å². The molecule has 21 heavy (non-hydrogen) atoms. The molecule has 110 valence electrons. The first-order valence-electron chi connectivity index (χ1n) is 6.25. The summed E-state index contributed by atoms with van der Waals surface area (Å²) in [6.07, 6.45) is 0. The second-order valence-electron chi connectivity index (χ2n) is 4.59. The van der Waals surface area contributed by atoms with Crippen LogP contribution in [0.3, 0.4) is 0 Å². The van der Waals surface area contributed by atoms with Gasteiger partial charge in [-0.05, 0) is 37.3 Å². The van der Waals surface area contributed by atoms with E-state index < -0.39 is 10.8 Å². The molecule has 0 aliphatic rings.